The molecule has 0 saturated heterocycles. The lowest BCUT2D eigenvalue weighted by Crippen LogP contribution is -2.45. The van der Waals surface area contributed by atoms with E-state index in [-0.39, 0.29) is 63.4 Å². The third-order valence-electron chi connectivity index (χ3n) is 9.98. The van der Waals surface area contributed by atoms with Crippen LogP contribution in [-0.4, -0.2) is 89.3 Å². The molecule has 0 amide bonds. The molecule has 5 N–H and O–H groups in total. The second-order valence-electron chi connectivity index (χ2n) is 15.3. The molecular weight excluding hydrogens is 697 g/mol. The number of aliphatic hydroxyl groups excluding tert-OH is 1. The van der Waals surface area contributed by atoms with Crippen molar-refractivity contribution in [3.05, 3.63) is 23.8 Å². The summed E-state index contributed by atoms with van der Waals surface area (Å²) in [5.74, 6) is -0.0605. The zero-order valence-electron chi connectivity index (χ0n) is 31.8. The first-order chi connectivity index (χ1) is 25.0. The van der Waals surface area contributed by atoms with Crippen molar-refractivity contribution in [2.45, 2.75) is 141 Å². The van der Waals surface area contributed by atoms with Gasteiger partial charge in [0.25, 0.3) is 0 Å². The second-order valence-corrected chi connectivity index (χ2v) is 20.1. The number of carbonyl (C=O) groups excluding carboxylic acids is 2. The Labute approximate surface area is 310 Å². The van der Waals surface area contributed by atoms with Crippen LogP contribution in [0.2, 0.25) is 18.1 Å². The van der Waals surface area contributed by atoms with Crippen LogP contribution in [0.5, 0.6) is 11.8 Å². The topological polar surface area (TPSA) is 237 Å². The number of aliphatic hydroxyl groups is 1. The van der Waals surface area contributed by atoms with Crippen LogP contribution in [0, 0.1) is 0 Å². The number of fused-ring (bicyclic) bond motifs is 2. The van der Waals surface area contributed by atoms with Crippen molar-refractivity contribution in [1.29, 1.82) is 0 Å². The largest absolute Gasteiger partial charge is 0.473 e. The quantitative estimate of drug-likeness (QED) is 0.132. The van der Waals surface area contributed by atoms with Gasteiger partial charge in [0, 0.05) is 0 Å². The van der Waals surface area contributed by atoms with Gasteiger partial charge in [0.05, 0.1) is 12.4 Å². The number of hydrogen-bond donors (Lipinski definition) is 3. The Morgan fingerprint density at radius 1 is 0.717 bits per heavy atom. The van der Waals surface area contributed by atoms with Crippen molar-refractivity contribution in [1.82, 2.24) is 39.9 Å². The lowest BCUT2D eigenvalue weighted by molar-refractivity contribution is 0.0773. The van der Waals surface area contributed by atoms with Crippen molar-refractivity contribution in [2.75, 3.05) is 11.5 Å². The van der Waals surface area contributed by atoms with E-state index in [2.05, 4.69) is 73.7 Å². The second kappa shape index (κ2) is 16.7. The molecule has 0 spiro atoms. The Hall–Kier alpha value is -4.48. The fraction of sp³-hybridized carbons (Fsp3) is 0.611. The molecular formula is C36H52N10O6Si. The molecule has 0 aromatic carbocycles. The average Bonchev–Trinajstić information content (AvgIpc) is 3.11. The minimum Gasteiger partial charge on any atom is -0.473 e. The van der Waals surface area contributed by atoms with E-state index < -0.39 is 26.3 Å². The van der Waals surface area contributed by atoms with Crippen LogP contribution in [0.25, 0.3) is 22.3 Å². The SMILES string of the molecule is C[C@H](O)C(=O)c1cnc2nc(N)nc(OC3CCCCC3)c2n1.C[C@H](O[Si](C)(C)C(C)(C)C)C(=O)c1cnc2nc(N)nc(OC3CCCCC3)c2n1. The molecule has 0 aliphatic heterocycles. The molecule has 2 aliphatic rings. The lowest BCUT2D eigenvalue weighted by atomic mass is 9.98. The first-order valence-electron chi connectivity index (χ1n) is 18.4. The molecule has 4 heterocycles. The fourth-order valence-electron chi connectivity index (χ4n) is 5.98. The Morgan fingerprint density at radius 3 is 1.53 bits per heavy atom. The number of Topliss-reactive ketones (excluding diaryl/α,β-unsaturated/α-hetero) is 2. The average molecular weight is 749 g/mol. The minimum atomic E-state index is -2.10. The molecule has 286 valence electrons. The Balaban J connectivity index is 0.000000211. The molecule has 0 bridgehead atoms. The number of nitrogens with zero attached hydrogens (tertiary/aromatic N) is 8. The highest BCUT2D eigenvalue weighted by Gasteiger charge is 2.40. The van der Waals surface area contributed by atoms with E-state index in [1.54, 1.807) is 6.92 Å². The van der Waals surface area contributed by atoms with Crippen LogP contribution < -0.4 is 20.9 Å². The van der Waals surface area contributed by atoms with Crippen LogP contribution in [0.4, 0.5) is 11.9 Å². The number of nitrogens with two attached hydrogens (primary N) is 2. The molecule has 2 fully saturated rings. The van der Waals surface area contributed by atoms with E-state index in [0.717, 1.165) is 51.4 Å². The van der Waals surface area contributed by atoms with Gasteiger partial charge in [-0.25, -0.2) is 19.9 Å². The van der Waals surface area contributed by atoms with Crippen LogP contribution >= 0.6 is 0 Å². The third kappa shape index (κ3) is 9.94. The molecule has 4 aromatic rings. The molecule has 53 heavy (non-hydrogen) atoms. The number of rotatable bonds is 10. The van der Waals surface area contributed by atoms with Crippen molar-refractivity contribution >= 4 is 54.1 Å². The van der Waals surface area contributed by atoms with Crippen LogP contribution in [0.3, 0.4) is 0 Å². The van der Waals surface area contributed by atoms with Gasteiger partial charge in [0.2, 0.25) is 35.2 Å². The number of nitrogen functional groups attached to an aromatic ring is 2. The summed E-state index contributed by atoms with van der Waals surface area (Å²) in [7, 11) is -2.10. The summed E-state index contributed by atoms with van der Waals surface area (Å²) in [6.07, 6.45) is 11.8. The third-order valence-corrected chi connectivity index (χ3v) is 14.5. The zero-order chi connectivity index (χ0) is 38.5. The highest BCUT2D eigenvalue weighted by molar-refractivity contribution is 6.74. The summed E-state index contributed by atoms with van der Waals surface area (Å²) in [5, 5.41) is 9.42. The van der Waals surface area contributed by atoms with E-state index in [1.807, 2.05) is 0 Å². The molecule has 0 radical (unpaired) electrons. The van der Waals surface area contributed by atoms with E-state index in [9.17, 15) is 14.7 Å². The molecule has 2 saturated carbocycles. The van der Waals surface area contributed by atoms with Gasteiger partial charge < -0.3 is 30.5 Å². The van der Waals surface area contributed by atoms with Gasteiger partial charge in [-0.05, 0) is 83.3 Å². The number of hydrogen-bond acceptors (Lipinski definition) is 16. The van der Waals surface area contributed by atoms with E-state index in [0.29, 0.717) is 17.0 Å². The maximum Gasteiger partial charge on any atom is 0.247 e. The van der Waals surface area contributed by atoms with E-state index in [1.165, 1.54) is 32.2 Å². The maximum atomic E-state index is 13.0. The molecule has 6 rings (SSSR count). The predicted octanol–water partition coefficient (Wildman–Crippen LogP) is 5.58. The molecule has 4 aromatic heterocycles. The van der Waals surface area contributed by atoms with E-state index >= 15 is 0 Å². The number of carbonyl (C=O) groups is 2. The molecule has 0 unspecified atom stereocenters. The Morgan fingerprint density at radius 2 is 1.13 bits per heavy atom. The van der Waals surface area contributed by atoms with Gasteiger partial charge in [-0.3, -0.25) is 9.59 Å². The van der Waals surface area contributed by atoms with Gasteiger partial charge in [0.15, 0.2) is 30.6 Å². The Kier molecular flexibility index (Phi) is 12.5. The molecule has 16 nitrogen and oxygen atoms in total. The summed E-state index contributed by atoms with van der Waals surface area (Å²) < 4.78 is 18.3. The summed E-state index contributed by atoms with van der Waals surface area (Å²) in [5.41, 5.74) is 13.0. The van der Waals surface area contributed by atoms with Crippen LogP contribution in [-0.2, 0) is 4.43 Å². The van der Waals surface area contributed by atoms with Gasteiger partial charge >= 0.3 is 0 Å². The first-order valence-corrected chi connectivity index (χ1v) is 21.3. The summed E-state index contributed by atoms with van der Waals surface area (Å²) in [4.78, 5) is 58.6. The van der Waals surface area contributed by atoms with Gasteiger partial charge in [0.1, 0.15) is 35.8 Å². The maximum absolute atomic E-state index is 13.0. The Bertz CT molecular complexity index is 1930. The van der Waals surface area contributed by atoms with Gasteiger partial charge in [-0.15, -0.1) is 0 Å². The van der Waals surface area contributed by atoms with Gasteiger partial charge in [-0.1, -0.05) is 33.6 Å². The monoisotopic (exact) mass is 748 g/mol. The number of aromatic nitrogens is 8. The fourth-order valence-corrected chi connectivity index (χ4v) is 7.32. The van der Waals surface area contributed by atoms with Crippen LogP contribution in [0.15, 0.2) is 12.4 Å². The van der Waals surface area contributed by atoms with Crippen molar-refractivity contribution in [2.24, 2.45) is 0 Å². The number of ether oxygens (including phenoxy) is 2. The lowest BCUT2D eigenvalue weighted by Gasteiger charge is -2.37. The number of anilines is 2. The van der Waals surface area contributed by atoms with E-state index in [4.69, 9.17) is 25.4 Å². The van der Waals surface area contributed by atoms with Crippen molar-refractivity contribution < 1.29 is 28.6 Å². The molecule has 2 atom stereocenters. The minimum absolute atomic E-state index is 0.00295. The predicted molar refractivity (Wildman–Crippen MR) is 202 cm³/mol. The first kappa shape index (κ1) is 39.7. The standard InChI is InChI=1S/C21H33N5O3Si.C15H19N5O3/c1-13(29-30(5,6)21(2,3)4)17(27)15-12-23-18-16(24-15)19(26-20(22)25-18)28-14-10-8-7-9-11-14;1-8(21)12(22)10-7-17-13-11(18-10)14(20-15(16)19-13)23-9-5-3-2-4-6-9/h12-14H,7-11H2,1-6H3,(H2,22,23,25,26);7-9,21H,2-6H2,1H3,(H2,16,17,19,20)/t13-;8-/m00/s1. The normalized spacial score (nSPS) is 17.1. The summed E-state index contributed by atoms with van der Waals surface area (Å²) in [6, 6.07) is 0. The number of ketones is 2. The van der Waals surface area contributed by atoms with Crippen molar-refractivity contribution in [3.63, 3.8) is 0 Å². The van der Waals surface area contributed by atoms with Crippen molar-refractivity contribution in [3.8, 4) is 11.8 Å². The smallest absolute Gasteiger partial charge is 0.247 e. The van der Waals surface area contributed by atoms with Gasteiger partial charge in [-0.2, -0.15) is 19.9 Å². The molecule has 17 heteroatoms. The summed E-state index contributed by atoms with van der Waals surface area (Å²) in [6.45, 7) is 13.8. The highest BCUT2D eigenvalue weighted by atomic mass is 28.4. The highest BCUT2D eigenvalue weighted by Crippen LogP contribution is 2.37. The van der Waals surface area contributed by atoms with Crippen LogP contribution in [0.1, 0.15) is 120 Å². The summed E-state index contributed by atoms with van der Waals surface area (Å²) >= 11 is 0. The molecule has 2 aliphatic carbocycles. The zero-order valence-corrected chi connectivity index (χ0v) is 32.8.